The van der Waals surface area contributed by atoms with Crippen LogP contribution in [0.5, 0.6) is 0 Å². The first-order valence-corrected chi connectivity index (χ1v) is 11.2. The van der Waals surface area contributed by atoms with Crippen molar-refractivity contribution in [2.75, 3.05) is 19.6 Å². The number of pyridine rings is 1. The lowest BCUT2D eigenvalue weighted by Crippen LogP contribution is -2.37. The summed E-state index contributed by atoms with van der Waals surface area (Å²) in [4.78, 5) is 25.8. The summed E-state index contributed by atoms with van der Waals surface area (Å²) in [6.45, 7) is 7.29. The van der Waals surface area contributed by atoms with Crippen molar-refractivity contribution in [3.8, 4) is 0 Å². The monoisotopic (exact) mass is 440 g/mol. The fourth-order valence-corrected chi connectivity index (χ4v) is 4.34. The molecule has 8 nitrogen and oxygen atoms in total. The number of aryl methyl sites for hydroxylation is 2. The van der Waals surface area contributed by atoms with E-state index in [1.165, 1.54) is 0 Å². The first-order chi connectivity index (χ1) is 15.0. The van der Waals surface area contributed by atoms with Gasteiger partial charge in [0.1, 0.15) is 0 Å². The van der Waals surface area contributed by atoms with Gasteiger partial charge in [0, 0.05) is 55.7 Å². The van der Waals surface area contributed by atoms with E-state index < -0.39 is 0 Å². The highest BCUT2D eigenvalue weighted by atomic mass is 32.1. The van der Waals surface area contributed by atoms with Gasteiger partial charge in [0.25, 0.3) is 0 Å². The summed E-state index contributed by atoms with van der Waals surface area (Å²) in [6, 6.07) is 3.91. The molecule has 1 amide bonds. The molecule has 0 N–H and O–H groups in total. The molecule has 0 bridgehead atoms. The third-order valence-corrected chi connectivity index (χ3v) is 6.41. The molecular formula is C22H28N6O2S. The maximum atomic E-state index is 13.1. The number of hydrogen-bond donors (Lipinski definition) is 0. The number of aromatic nitrogens is 4. The molecule has 3 aromatic rings. The molecule has 0 aromatic carbocycles. The molecule has 1 aliphatic rings. The quantitative estimate of drug-likeness (QED) is 0.561. The molecule has 0 unspecified atom stereocenters. The molecule has 0 aliphatic carbocycles. The lowest BCUT2D eigenvalue weighted by molar-refractivity contribution is -0.132. The van der Waals surface area contributed by atoms with Crippen LogP contribution in [0, 0.1) is 13.8 Å². The zero-order valence-electron chi connectivity index (χ0n) is 18.2. The molecule has 164 valence electrons. The van der Waals surface area contributed by atoms with Gasteiger partial charge in [-0.15, -0.1) is 11.3 Å². The van der Waals surface area contributed by atoms with Crippen LogP contribution in [0.3, 0.4) is 0 Å². The highest BCUT2D eigenvalue weighted by molar-refractivity contribution is 7.09. The van der Waals surface area contributed by atoms with Gasteiger partial charge in [0.05, 0.1) is 42.7 Å². The van der Waals surface area contributed by atoms with E-state index in [2.05, 4.69) is 26.9 Å². The van der Waals surface area contributed by atoms with E-state index >= 15 is 0 Å². The Morgan fingerprint density at radius 3 is 2.68 bits per heavy atom. The summed E-state index contributed by atoms with van der Waals surface area (Å²) in [7, 11) is 1.94. The molecule has 4 rings (SSSR count). The number of ether oxygens (including phenoxy) is 1. The van der Waals surface area contributed by atoms with Gasteiger partial charge in [-0.2, -0.15) is 5.10 Å². The Morgan fingerprint density at radius 1 is 1.19 bits per heavy atom. The first-order valence-electron chi connectivity index (χ1n) is 10.4. The highest BCUT2D eigenvalue weighted by Crippen LogP contribution is 2.18. The topological polar surface area (TPSA) is 76.4 Å². The number of carbonyl (C=O) groups is 1. The van der Waals surface area contributed by atoms with E-state index in [0.717, 1.165) is 27.5 Å². The predicted molar refractivity (Wildman–Crippen MR) is 118 cm³/mol. The molecule has 9 heteroatoms. The number of amides is 1. The summed E-state index contributed by atoms with van der Waals surface area (Å²) in [5, 5.41) is 7.38. The van der Waals surface area contributed by atoms with E-state index in [9.17, 15) is 4.79 Å². The average molecular weight is 441 g/mol. The van der Waals surface area contributed by atoms with E-state index in [1.807, 2.05) is 47.3 Å². The molecule has 0 saturated carbocycles. The molecule has 1 fully saturated rings. The standard InChI is InChI=1S/C22H28N6O2S/c1-16-19(8-24-26(16)3)9-27-11-21(30-14-18-4-6-23-7-5-18)12-28(22(29)13-27)10-20-15-31-17(2)25-20/h4-8,15,21H,9-14H2,1-3H3/t21-/m1/s1. The molecule has 1 aliphatic heterocycles. The summed E-state index contributed by atoms with van der Waals surface area (Å²) in [5.41, 5.74) is 4.25. The van der Waals surface area contributed by atoms with E-state index in [1.54, 1.807) is 23.7 Å². The largest absolute Gasteiger partial charge is 0.370 e. The second kappa shape index (κ2) is 9.67. The lowest BCUT2D eigenvalue weighted by Gasteiger charge is -2.24. The predicted octanol–water partition coefficient (Wildman–Crippen LogP) is 2.32. The van der Waals surface area contributed by atoms with Crippen molar-refractivity contribution in [1.29, 1.82) is 0 Å². The Labute approximate surface area is 186 Å². The summed E-state index contributed by atoms with van der Waals surface area (Å²) in [5.74, 6) is 0.0993. The van der Waals surface area contributed by atoms with Gasteiger partial charge in [-0.3, -0.25) is 19.4 Å². The van der Waals surface area contributed by atoms with Crippen molar-refractivity contribution in [3.63, 3.8) is 0 Å². The molecule has 3 aromatic heterocycles. The van der Waals surface area contributed by atoms with Crippen molar-refractivity contribution in [1.82, 2.24) is 29.5 Å². The number of thiazole rings is 1. The maximum Gasteiger partial charge on any atom is 0.237 e. The van der Waals surface area contributed by atoms with Gasteiger partial charge in [-0.05, 0) is 31.5 Å². The lowest BCUT2D eigenvalue weighted by atomic mass is 10.2. The maximum absolute atomic E-state index is 13.1. The Hall–Kier alpha value is -2.62. The number of rotatable bonds is 7. The minimum absolute atomic E-state index is 0.0993. The van der Waals surface area contributed by atoms with Crippen LogP contribution < -0.4 is 0 Å². The molecule has 31 heavy (non-hydrogen) atoms. The van der Waals surface area contributed by atoms with Crippen LogP contribution in [0.4, 0.5) is 0 Å². The van der Waals surface area contributed by atoms with Crippen LogP contribution >= 0.6 is 11.3 Å². The fourth-order valence-electron chi connectivity index (χ4n) is 3.74. The number of hydrogen-bond acceptors (Lipinski definition) is 7. The zero-order valence-corrected chi connectivity index (χ0v) is 19.0. The molecule has 0 spiro atoms. The van der Waals surface area contributed by atoms with Crippen LogP contribution in [0.1, 0.15) is 27.5 Å². The van der Waals surface area contributed by atoms with Gasteiger partial charge >= 0.3 is 0 Å². The van der Waals surface area contributed by atoms with Gasteiger partial charge in [0.15, 0.2) is 0 Å². The number of carbonyl (C=O) groups excluding carboxylic acids is 1. The van der Waals surface area contributed by atoms with Crippen molar-refractivity contribution in [2.24, 2.45) is 7.05 Å². The fraction of sp³-hybridized carbons (Fsp3) is 0.455. The molecular weight excluding hydrogens is 412 g/mol. The Morgan fingerprint density at radius 2 is 2.00 bits per heavy atom. The van der Waals surface area contributed by atoms with Gasteiger partial charge in [-0.1, -0.05) is 0 Å². The average Bonchev–Trinajstić information content (AvgIpc) is 3.26. The van der Waals surface area contributed by atoms with Gasteiger partial charge < -0.3 is 9.64 Å². The van der Waals surface area contributed by atoms with Crippen LogP contribution in [0.25, 0.3) is 0 Å². The normalized spacial score (nSPS) is 17.8. The van der Waals surface area contributed by atoms with Crippen molar-refractivity contribution >= 4 is 17.2 Å². The van der Waals surface area contributed by atoms with Crippen molar-refractivity contribution in [3.05, 3.63) is 63.6 Å². The summed E-state index contributed by atoms with van der Waals surface area (Å²) >= 11 is 1.61. The Balaban J connectivity index is 1.49. The van der Waals surface area contributed by atoms with Crippen LogP contribution in [0.2, 0.25) is 0 Å². The molecule has 4 heterocycles. The molecule has 0 radical (unpaired) electrons. The summed E-state index contributed by atoms with van der Waals surface area (Å²) < 4.78 is 8.14. The van der Waals surface area contributed by atoms with Gasteiger partial charge in [0.2, 0.25) is 5.91 Å². The smallest absolute Gasteiger partial charge is 0.237 e. The van der Waals surface area contributed by atoms with E-state index in [-0.39, 0.29) is 12.0 Å². The van der Waals surface area contributed by atoms with Crippen molar-refractivity contribution in [2.45, 2.75) is 39.6 Å². The third-order valence-electron chi connectivity index (χ3n) is 5.58. The third kappa shape index (κ3) is 5.55. The van der Waals surface area contributed by atoms with Gasteiger partial charge in [-0.25, -0.2) is 4.98 Å². The minimum Gasteiger partial charge on any atom is -0.370 e. The Bertz CT molecular complexity index is 1020. The number of nitrogens with zero attached hydrogens (tertiary/aromatic N) is 6. The Kier molecular flexibility index (Phi) is 6.74. The van der Waals surface area contributed by atoms with Crippen LogP contribution in [-0.2, 0) is 36.3 Å². The minimum atomic E-state index is -0.101. The first kappa shape index (κ1) is 21.6. The van der Waals surface area contributed by atoms with E-state index in [4.69, 9.17) is 4.74 Å². The highest BCUT2D eigenvalue weighted by Gasteiger charge is 2.29. The molecule has 1 saturated heterocycles. The zero-order chi connectivity index (χ0) is 21.8. The SMILES string of the molecule is Cc1nc(CN2C[C@H](OCc3ccncc3)CN(Cc3cnn(C)c3C)CC2=O)cs1. The second-order valence-electron chi connectivity index (χ2n) is 7.97. The van der Waals surface area contributed by atoms with Crippen LogP contribution in [-0.4, -0.2) is 61.2 Å². The van der Waals surface area contributed by atoms with E-state index in [0.29, 0.717) is 39.3 Å². The second-order valence-corrected chi connectivity index (χ2v) is 9.03. The molecule has 1 atom stereocenters. The van der Waals surface area contributed by atoms with Crippen molar-refractivity contribution < 1.29 is 9.53 Å². The summed E-state index contributed by atoms with van der Waals surface area (Å²) in [6.07, 6.45) is 5.32. The van der Waals surface area contributed by atoms with Crippen LogP contribution in [0.15, 0.2) is 36.1 Å².